The van der Waals surface area contributed by atoms with Crippen LogP contribution in [-0.4, -0.2) is 22.0 Å². The van der Waals surface area contributed by atoms with Crippen molar-refractivity contribution in [2.24, 2.45) is 0 Å². The van der Waals surface area contributed by atoms with Crippen LogP contribution in [0.3, 0.4) is 0 Å². The van der Waals surface area contributed by atoms with Gasteiger partial charge in [0, 0.05) is 19.2 Å². The fourth-order valence-electron chi connectivity index (χ4n) is 3.13. The summed E-state index contributed by atoms with van der Waals surface area (Å²) in [6.45, 7) is 4.51. The number of fused-ring (bicyclic) bond motifs is 1. The Morgan fingerprint density at radius 1 is 1.10 bits per heavy atom. The molecule has 4 heteroatoms. The molecule has 0 bridgehead atoms. The Hall–Kier alpha value is -3.40. The van der Waals surface area contributed by atoms with Crippen LogP contribution in [0.15, 0.2) is 90.9 Å². The summed E-state index contributed by atoms with van der Waals surface area (Å²) < 4.78 is 2.05. The van der Waals surface area contributed by atoms with Gasteiger partial charge in [0.1, 0.15) is 6.33 Å². The first-order valence-electron chi connectivity index (χ1n) is 10.1. The Bertz CT molecular complexity index is 1050. The Morgan fingerprint density at radius 3 is 2.86 bits per heavy atom. The summed E-state index contributed by atoms with van der Waals surface area (Å²) in [5.41, 5.74) is 4.59. The molecule has 0 fully saturated rings. The zero-order chi connectivity index (χ0) is 20.5. The van der Waals surface area contributed by atoms with E-state index in [9.17, 15) is 4.79 Å². The molecule has 0 spiro atoms. The first-order valence-corrected chi connectivity index (χ1v) is 10.1. The van der Waals surface area contributed by atoms with Crippen molar-refractivity contribution in [3.05, 3.63) is 96.4 Å². The number of allylic oxidation sites excluding steroid dienone is 10. The highest BCUT2D eigenvalue weighted by Gasteiger charge is 2.11. The number of nitrogens with zero attached hydrogens (tertiary/aromatic N) is 2. The lowest BCUT2D eigenvalue weighted by atomic mass is 10.1. The lowest BCUT2D eigenvalue weighted by Crippen LogP contribution is -2.25. The second-order valence-electron chi connectivity index (χ2n) is 6.46. The molecule has 1 heterocycles. The lowest BCUT2D eigenvalue weighted by molar-refractivity contribution is 0.0957. The highest BCUT2D eigenvalue weighted by molar-refractivity contribution is 5.98. The third-order valence-corrected chi connectivity index (χ3v) is 4.57. The van der Waals surface area contributed by atoms with Gasteiger partial charge in [-0.3, -0.25) is 9.36 Å². The predicted octanol–water partition coefficient (Wildman–Crippen LogP) is 5.84. The first kappa shape index (κ1) is 20.3. The second kappa shape index (κ2) is 10.2. The quantitative estimate of drug-likeness (QED) is 0.716. The Kier molecular flexibility index (Phi) is 7.17. The van der Waals surface area contributed by atoms with Crippen molar-refractivity contribution in [3.8, 4) is 0 Å². The number of nitrogens with one attached hydrogen (secondary N) is 1. The predicted molar refractivity (Wildman–Crippen MR) is 124 cm³/mol. The molecule has 0 unspecified atom stereocenters. The minimum absolute atomic E-state index is 0. The topological polar surface area (TPSA) is 46.9 Å². The molecule has 0 saturated heterocycles. The van der Waals surface area contributed by atoms with Crippen LogP contribution >= 0.6 is 0 Å². The van der Waals surface area contributed by atoms with E-state index in [-0.39, 0.29) is 7.33 Å². The number of hydrogen-bond acceptors (Lipinski definition) is 2. The van der Waals surface area contributed by atoms with Crippen LogP contribution in [0.1, 0.15) is 38.5 Å². The van der Waals surface area contributed by atoms with E-state index in [0.717, 1.165) is 35.1 Å². The van der Waals surface area contributed by atoms with Crippen LogP contribution in [-0.2, 0) is 0 Å². The molecule has 2 aliphatic carbocycles. The van der Waals surface area contributed by atoms with Crippen LogP contribution in [0.2, 0.25) is 0 Å². The van der Waals surface area contributed by atoms with Crippen molar-refractivity contribution < 1.29 is 6.22 Å². The summed E-state index contributed by atoms with van der Waals surface area (Å²) in [6, 6.07) is 5.65. The molecule has 4 rings (SSSR count). The minimum atomic E-state index is -0.0910. The average molecular weight is 388 g/mol. The van der Waals surface area contributed by atoms with Gasteiger partial charge in [0.05, 0.1) is 11.0 Å². The largest absolute Gasteiger partial charge is 0.348 e. The molecule has 0 radical (unpaired) electrons. The third kappa shape index (κ3) is 5.11. The van der Waals surface area contributed by atoms with E-state index >= 15 is 0 Å². The van der Waals surface area contributed by atoms with Crippen LogP contribution in [0.4, 0.5) is 0 Å². The number of hydrogen-bond donors (Lipinski definition) is 1. The zero-order valence-electron chi connectivity index (χ0n) is 17.0. The molecule has 0 atom stereocenters. The average Bonchev–Trinajstić information content (AvgIpc) is 2.95. The summed E-state index contributed by atoms with van der Waals surface area (Å²) >= 11 is 0. The Balaban J connectivity index is 0.00000104. The molecule has 4 nitrogen and oxygen atoms in total. The normalized spacial score (nSPS) is 15.1. The molecule has 150 valence electrons. The van der Waals surface area contributed by atoms with E-state index in [4.69, 9.17) is 0 Å². The Labute approximate surface area is 173 Å². The maximum absolute atomic E-state index is 12.5. The minimum Gasteiger partial charge on any atom is -0.348 e. The molecule has 1 aromatic heterocycles. The van der Waals surface area contributed by atoms with Gasteiger partial charge in [-0.15, -0.1) is 0 Å². The van der Waals surface area contributed by atoms with E-state index in [1.54, 1.807) is 6.33 Å². The number of carbonyl (C=O) groups is 1. The SMILES string of the molecule is CC.O=C(NCC1=CC=CCC=C1)c1ccc2c(c1)ncn2C1=CCC=CC=C1.[HH]. The monoisotopic (exact) mass is 387 g/mol. The number of amides is 1. The summed E-state index contributed by atoms with van der Waals surface area (Å²) in [6.07, 6.45) is 24.3. The van der Waals surface area contributed by atoms with Gasteiger partial charge in [0.15, 0.2) is 0 Å². The summed E-state index contributed by atoms with van der Waals surface area (Å²) in [7, 11) is 0. The molecule has 2 aromatic rings. The van der Waals surface area contributed by atoms with Crippen molar-refractivity contribution in [3.63, 3.8) is 0 Å². The molecule has 29 heavy (non-hydrogen) atoms. The molecule has 1 amide bonds. The molecule has 1 aromatic carbocycles. The summed E-state index contributed by atoms with van der Waals surface area (Å²) in [4.78, 5) is 17.0. The fraction of sp³-hybridized carbons (Fsp3) is 0.200. The van der Waals surface area contributed by atoms with Gasteiger partial charge in [-0.05, 0) is 42.7 Å². The molecule has 0 saturated carbocycles. The van der Waals surface area contributed by atoms with Crippen LogP contribution in [0.5, 0.6) is 0 Å². The van der Waals surface area contributed by atoms with Crippen molar-refractivity contribution in [2.75, 3.05) is 6.54 Å². The molecule has 0 aliphatic heterocycles. The number of rotatable bonds is 4. The highest BCUT2D eigenvalue weighted by atomic mass is 16.1. The van der Waals surface area contributed by atoms with Crippen LogP contribution in [0.25, 0.3) is 16.7 Å². The van der Waals surface area contributed by atoms with Crippen LogP contribution < -0.4 is 5.32 Å². The number of aromatic nitrogens is 2. The summed E-state index contributed by atoms with van der Waals surface area (Å²) in [5.74, 6) is -0.0910. The van der Waals surface area contributed by atoms with Crippen molar-refractivity contribution in [1.29, 1.82) is 0 Å². The van der Waals surface area contributed by atoms with Crippen molar-refractivity contribution in [1.82, 2.24) is 14.9 Å². The number of benzene rings is 1. The maximum Gasteiger partial charge on any atom is 0.251 e. The zero-order valence-corrected chi connectivity index (χ0v) is 17.0. The van der Waals surface area contributed by atoms with E-state index in [1.165, 1.54) is 0 Å². The standard InChI is InChI=1S/C23H21N3O.C2H6.H2/c27-23(24-16-18-9-5-1-2-6-10-18)19-13-14-22-21(15-19)25-17-26(22)20-11-7-3-4-8-12-20;1-2;/h1,3-7,9-15,17H,2,8,16H2,(H,24,27);1-2H3;1H. The van der Waals surface area contributed by atoms with Crippen LogP contribution in [0, 0.1) is 0 Å². The van der Waals surface area contributed by atoms with Gasteiger partial charge in [-0.1, -0.05) is 68.5 Å². The van der Waals surface area contributed by atoms with Gasteiger partial charge in [-0.25, -0.2) is 4.98 Å². The van der Waals surface area contributed by atoms with E-state index in [0.29, 0.717) is 12.1 Å². The lowest BCUT2D eigenvalue weighted by Gasteiger charge is -2.07. The maximum atomic E-state index is 12.5. The molecular weight excluding hydrogens is 358 g/mol. The second-order valence-corrected chi connectivity index (χ2v) is 6.46. The van der Waals surface area contributed by atoms with E-state index < -0.39 is 0 Å². The van der Waals surface area contributed by atoms with Crippen molar-refractivity contribution >= 4 is 22.6 Å². The van der Waals surface area contributed by atoms with E-state index in [2.05, 4.69) is 40.7 Å². The van der Waals surface area contributed by atoms with Crippen molar-refractivity contribution in [2.45, 2.75) is 26.7 Å². The van der Waals surface area contributed by atoms with Gasteiger partial charge >= 0.3 is 0 Å². The molecule has 2 aliphatic rings. The Morgan fingerprint density at radius 2 is 1.97 bits per heavy atom. The highest BCUT2D eigenvalue weighted by Crippen LogP contribution is 2.21. The fourth-order valence-corrected chi connectivity index (χ4v) is 3.13. The van der Waals surface area contributed by atoms with E-state index in [1.807, 2.05) is 67.0 Å². The number of carbonyl (C=O) groups excluding carboxylic acids is 1. The third-order valence-electron chi connectivity index (χ3n) is 4.57. The first-order chi connectivity index (χ1) is 14.3. The van der Waals surface area contributed by atoms with Gasteiger partial charge in [0.2, 0.25) is 0 Å². The smallest absolute Gasteiger partial charge is 0.251 e. The summed E-state index contributed by atoms with van der Waals surface area (Å²) in [5, 5.41) is 2.98. The van der Waals surface area contributed by atoms with Gasteiger partial charge in [0.25, 0.3) is 5.91 Å². The van der Waals surface area contributed by atoms with Gasteiger partial charge in [-0.2, -0.15) is 0 Å². The molecular formula is C25H29N3O. The molecule has 1 N–H and O–H groups in total. The van der Waals surface area contributed by atoms with Gasteiger partial charge < -0.3 is 5.32 Å². The number of imidazole rings is 1.